The Morgan fingerprint density at radius 1 is 0.914 bits per heavy atom. The lowest BCUT2D eigenvalue weighted by molar-refractivity contribution is -0.275. The Morgan fingerprint density at radius 2 is 1.60 bits per heavy atom. The number of alkyl halides is 3. The van der Waals surface area contributed by atoms with Crippen LogP contribution < -0.4 is 4.74 Å². The van der Waals surface area contributed by atoms with Crippen LogP contribution in [-0.2, 0) is 6.42 Å². The number of benzene rings is 2. The molecule has 0 N–H and O–H groups in total. The number of allylic oxidation sites excluding steroid dienone is 1. The van der Waals surface area contributed by atoms with Crippen LogP contribution in [0.15, 0.2) is 24.3 Å². The standard InChI is InChI=1S/C28H30F6O/c1-2-3-4-5-17-6-8-18(9-7-17)21-15-23(29)26(24(30)16-21)20-10-12-22-19(14-20)11-13-25(27(22)31)35-28(32,33)34/h11,13-18H,2-10,12H2,1H3. The molecular weight excluding hydrogens is 466 g/mol. The molecule has 0 aliphatic heterocycles. The summed E-state index contributed by atoms with van der Waals surface area (Å²) in [4.78, 5) is 0. The largest absolute Gasteiger partial charge is 0.573 e. The normalized spacial score (nSPS) is 20.4. The van der Waals surface area contributed by atoms with Crippen molar-refractivity contribution in [1.29, 1.82) is 0 Å². The highest BCUT2D eigenvalue weighted by Gasteiger charge is 2.33. The van der Waals surface area contributed by atoms with E-state index in [1.54, 1.807) is 0 Å². The van der Waals surface area contributed by atoms with Crippen LogP contribution in [0.4, 0.5) is 26.3 Å². The fourth-order valence-electron chi connectivity index (χ4n) is 5.53. The molecule has 1 fully saturated rings. The van der Waals surface area contributed by atoms with Gasteiger partial charge < -0.3 is 4.74 Å². The second-order valence-corrected chi connectivity index (χ2v) is 9.74. The number of ether oxygens (including phenoxy) is 1. The van der Waals surface area contributed by atoms with Crippen LogP contribution in [0.5, 0.6) is 5.75 Å². The van der Waals surface area contributed by atoms with Crippen molar-refractivity contribution in [2.45, 2.75) is 83.4 Å². The van der Waals surface area contributed by atoms with Crippen LogP contribution in [0.3, 0.4) is 0 Å². The molecule has 2 aromatic carbocycles. The maximum atomic E-state index is 15.1. The smallest absolute Gasteiger partial charge is 0.403 e. The van der Waals surface area contributed by atoms with Crippen LogP contribution in [0.25, 0.3) is 11.6 Å². The molecule has 0 amide bonds. The molecule has 7 heteroatoms. The summed E-state index contributed by atoms with van der Waals surface area (Å²) in [6.45, 7) is 2.19. The van der Waals surface area contributed by atoms with Crippen molar-refractivity contribution in [3.8, 4) is 5.75 Å². The highest BCUT2D eigenvalue weighted by molar-refractivity contribution is 5.85. The number of fused-ring (bicyclic) bond motifs is 1. The summed E-state index contributed by atoms with van der Waals surface area (Å²) in [5, 5.41) is 0. The Kier molecular flexibility index (Phi) is 7.82. The van der Waals surface area contributed by atoms with Gasteiger partial charge >= 0.3 is 6.36 Å². The second-order valence-electron chi connectivity index (χ2n) is 9.74. The second kappa shape index (κ2) is 10.7. The van der Waals surface area contributed by atoms with Gasteiger partial charge in [0.25, 0.3) is 0 Å². The summed E-state index contributed by atoms with van der Waals surface area (Å²) in [5.74, 6) is -2.49. The van der Waals surface area contributed by atoms with E-state index in [0.717, 1.165) is 31.7 Å². The zero-order chi connectivity index (χ0) is 25.2. The lowest BCUT2D eigenvalue weighted by atomic mass is 9.76. The molecule has 0 unspecified atom stereocenters. The lowest BCUT2D eigenvalue weighted by Gasteiger charge is -2.29. The molecular formula is C28H30F6O. The molecule has 0 heterocycles. The van der Waals surface area contributed by atoms with E-state index < -0.39 is 29.6 Å². The number of hydrogen-bond acceptors (Lipinski definition) is 1. The number of hydrogen-bond donors (Lipinski definition) is 0. The SMILES string of the molecule is CCCCCC1CCC(c2cc(F)c(C3=Cc4ccc(OC(F)(F)F)c(F)c4CC3)c(F)c2)CC1. The zero-order valence-corrected chi connectivity index (χ0v) is 19.8. The Hall–Kier alpha value is -2.44. The Labute approximate surface area is 202 Å². The molecule has 0 saturated heterocycles. The van der Waals surface area contributed by atoms with Gasteiger partial charge in [-0.1, -0.05) is 44.7 Å². The third-order valence-electron chi connectivity index (χ3n) is 7.36. The molecule has 4 rings (SSSR count). The number of halogens is 6. The van der Waals surface area contributed by atoms with Gasteiger partial charge in [-0.3, -0.25) is 0 Å². The van der Waals surface area contributed by atoms with Crippen LogP contribution in [0, 0.1) is 23.4 Å². The molecule has 2 aromatic rings. The summed E-state index contributed by atoms with van der Waals surface area (Å²) in [6.07, 6.45) is 5.47. The highest BCUT2D eigenvalue weighted by atomic mass is 19.4. The number of unbranched alkanes of at least 4 members (excludes halogenated alkanes) is 2. The molecule has 1 saturated carbocycles. The van der Waals surface area contributed by atoms with E-state index in [1.165, 1.54) is 50.0 Å². The topological polar surface area (TPSA) is 9.23 Å². The van der Waals surface area contributed by atoms with Gasteiger partial charge in [0.05, 0.1) is 0 Å². The molecule has 2 aliphatic rings. The number of rotatable bonds is 7. The van der Waals surface area contributed by atoms with Crippen molar-refractivity contribution < 1.29 is 31.1 Å². The minimum atomic E-state index is -5.01. The van der Waals surface area contributed by atoms with Crippen molar-refractivity contribution in [2.24, 2.45) is 5.92 Å². The summed E-state index contributed by atoms with van der Waals surface area (Å²) in [7, 11) is 0. The minimum Gasteiger partial charge on any atom is -0.403 e. The van der Waals surface area contributed by atoms with Crippen molar-refractivity contribution in [3.63, 3.8) is 0 Å². The molecule has 0 bridgehead atoms. The van der Waals surface area contributed by atoms with Gasteiger partial charge in [0.15, 0.2) is 11.6 Å². The fourth-order valence-corrected chi connectivity index (χ4v) is 5.53. The molecule has 190 valence electrons. The maximum Gasteiger partial charge on any atom is 0.573 e. The molecule has 0 aromatic heterocycles. The van der Waals surface area contributed by atoms with Gasteiger partial charge in [0.1, 0.15) is 11.6 Å². The van der Waals surface area contributed by atoms with Gasteiger partial charge in [-0.15, -0.1) is 13.2 Å². The van der Waals surface area contributed by atoms with Crippen LogP contribution >= 0.6 is 0 Å². The summed E-state index contributed by atoms with van der Waals surface area (Å²) in [6, 6.07) is 4.99. The first-order chi connectivity index (χ1) is 16.7. The van der Waals surface area contributed by atoms with E-state index >= 15 is 8.78 Å². The van der Waals surface area contributed by atoms with Gasteiger partial charge in [0, 0.05) is 5.56 Å². The van der Waals surface area contributed by atoms with E-state index in [1.807, 2.05) is 0 Å². The Morgan fingerprint density at radius 3 is 2.23 bits per heavy atom. The van der Waals surface area contributed by atoms with E-state index in [2.05, 4.69) is 11.7 Å². The predicted octanol–water partition coefficient (Wildman–Crippen LogP) is 9.34. The third-order valence-corrected chi connectivity index (χ3v) is 7.36. The first-order valence-electron chi connectivity index (χ1n) is 12.4. The van der Waals surface area contributed by atoms with Crippen molar-refractivity contribution in [3.05, 3.63) is 64.0 Å². The first kappa shape index (κ1) is 25.6. The average molecular weight is 497 g/mol. The highest BCUT2D eigenvalue weighted by Crippen LogP contribution is 2.41. The van der Waals surface area contributed by atoms with Crippen molar-refractivity contribution in [2.75, 3.05) is 0 Å². The summed E-state index contributed by atoms with van der Waals surface area (Å²) < 4.78 is 86.0. The van der Waals surface area contributed by atoms with E-state index in [-0.39, 0.29) is 29.9 Å². The summed E-state index contributed by atoms with van der Waals surface area (Å²) >= 11 is 0. The van der Waals surface area contributed by atoms with Gasteiger partial charge in [0.2, 0.25) is 0 Å². The minimum absolute atomic E-state index is 0.0186. The van der Waals surface area contributed by atoms with E-state index in [4.69, 9.17) is 0 Å². The Balaban J connectivity index is 1.51. The van der Waals surface area contributed by atoms with Crippen LogP contribution in [0.1, 0.15) is 92.9 Å². The van der Waals surface area contributed by atoms with Crippen molar-refractivity contribution in [1.82, 2.24) is 0 Å². The molecule has 0 radical (unpaired) electrons. The van der Waals surface area contributed by atoms with Crippen LogP contribution in [-0.4, -0.2) is 6.36 Å². The summed E-state index contributed by atoms with van der Waals surface area (Å²) in [5.41, 5.74) is 1.23. The molecule has 1 nitrogen and oxygen atoms in total. The zero-order valence-electron chi connectivity index (χ0n) is 19.8. The third kappa shape index (κ3) is 6.04. The molecule has 35 heavy (non-hydrogen) atoms. The molecule has 2 aliphatic carbocycles. The van der Waals surface area contributed by atoms with Crippen LogP contribution in [0.2, 0.25) is 0 Å². The maximum absolute atomic E-state index is 15.1. The monoisotopic (exact) mass is 496 g/mol. The predicted molar refractivity (Wildman–Crippen MR) is 124 cm³/mol. The quantitative estimate of drug-likeness (QED) is 0.274. The molecule has 0 atom stereocenters. The van der Waals surface area contributed by atoms with Crippen molar-refractivity contribution >= 4 is 11.6 Å². The fraction of sp³-hybridized carbons (Fsp3) is 0.500. The molecule has 0 spiro atoms. The van der Waals surface area contributed by atoms with E-state index in [0.29, 0.717) is 22.6 Å². The lowest BCUT2D eigenvalue weighted by Crippen LogP contribution is -2.18. The first-order valence-corrected chi connectivity index (χ1v) is 12.4. The van der Waals surface area contributed by atoms with Gasteiger partial charge in [-0.25, -0.2) is 13.2 Å². The Bertz CT molecular complexity index is 1060. The van der Waals surface area contributed by atoms with Gasteiger partial charge in [-0.05, 0) is 90.8 Å². The van der Waals surface area contributed by atoms with Gasteiger partial charge in [-0.2, -0.15) is 0 Å². The van der Waals surface area contributed by atoms with E-state index in [9.17, 15) is 17.6 Å². The average Bonchev–Trinajstić information content (AvgIpc) is 2.80.